The number of nitrogens with two attached hydrogens (primary N) is 1. The molecule has 20 heavy (non-hydrogen) atoms. The maximum Gasteiger partial charge on any atom is 0.137 e. The van der Waals surface area contributed by atoms with E-state index in [9.17, 15) is 4.39 Å². The molecular formula is C16H15BrFNO. The molecule has 2 aromatic carbocycles. The molecule has 2 aromatic rings. The molecular weight excluding hydrogens is 321 g/mol. The van der Waals surface area contributed by atoms with Crippen molar-refractivity contribution in [2.24, 2.45) is 5.73 Å². The second-order valence-electron chi connectivity index (χ2n) is 5.01. The lowest BCUT2D eigenvalue weighted by Crippen LogP contribution is -2.13. The molecule has 1 fully saturated rings. The van der Waals surface area contributed by atoms with Gasteiger partial charge in [-0.25, -0.2) is 4.39 Å². The quantitative estimate of drug-likeness (QED) is 0.909. The largest absolute Gasteiger partial charge is 0.490 e. The predicted molar refractivity (Wildman–Crippen MR) is 80.2 cm³/mol. The Morgan fingerprint density at radius 2 is 1.95 bits per heavy atom. The molecule has 2 N–H and O–H groups in total. The topological polar surface area (TPSA) is 35.2 Å². The summed E-state index contributed by atoms with van der Waals surface area (Å²) in [5.41, 5.74) is 7.89. The molecule has 1 unspecified atom stereocenters. The third-order valence-corrected chi connectivity index (χ3v) is 4.20. The maximum absolute atomic E-state index is 13.6. The molecule has 0 saturated heterocycles. The molecule has 0 aromatic heterocycles. The van der Waals surface area contributed by atoms with Crippen LogP contribution in [0.5, 0.6) is 5.75 Å². The van der Waals surface area contributed by atoms with Crippen LogP contribution in [-0.4, -0.2) is 6.10 Å². The van der Waals surface area contributed by atoms with E-state index in [2.05, 4.69) is 15.9 Å². The first-order valence-corrected chi connectivity index (χ1v) is 7.40. The summed E-state index contributed by atoms with van der Waals surface area (Å²) in [5, 5.41) is 0. The van der Waals surface area contributed by atoms with Crippen LogP contribution in [0, 0.1) is 5.82 Å². The molecule has 1 atom stereocenters. The van der Waals surface area contributed by atoms with E-state index >= 15 is 0 Å². The maximum atomic E-state index is 13.6. The Bertz CT molecular complexity index is 628. The fourth-order valence-corrected chi connectivity index (χ4v) is 2.61. The average Bonchev–Trinajstić information content (AvgIpc) is 3.25. The van der Waals surface area contributed by atoms with Crippen molar-refractivity contribution in [3.05, 3.63) is 63.9 Å². The van der Waals surface area contributed by atoms with Crippen LogP contribution in [0.25, 0.3) is 0 Å². The SMILES string of the molecule is NC(c1cccc(OC2CC2)c1)c1cccc(F)c1Br. The first-order valence-electron chi connectivity index (χ1n) is 6.61. The van der Waals surface area contributed by atoms with Gasteiger partial charge in [0.1, 0.15) is 11.6 Å². The normalized spacial score (nSPS) is 15.9. The molecule has 1 aliphatic carbocycles. The third kappa shape index (κ3) is 2.86. The van der Waals surface area contributed by atoms with Crippen molar-refractivity contribution >= 4 is 15.9 Å². The lowest BCUT2D eigenvalue weighted by Gasteiger charge is -2.16. The van der Waals surface area contributed by atoms with E-state index < -0.39 is 0 Å². The number of rotatable bonds is 4. The van der Waals surface area contributed by atoms with Crippen LogP contribution in [0.3, 0.4) is 0 Å². The monoisotopic (exact) mass is 335 g/mol. The van der Waals surface area contributed by atoms with Crippen molar-refractivity contribution in [3.63, 3.8) is 0 Å². The molecule has 2 nitrogen and oxygen atoms in total. The minimum absolute atomic E-state index is 0.302. The van der Waals surface area contributed by atoms with Crippen molar-refractivity contribution in [3.8, 4) is 5.75 Å². The van der Waals surface area contributed by atoms with E-state index in [1.807, 2.05) is 30.3 Å². The number of ether oxygens (including phenoxy) is 1. The van der Waals surface area contributed by atoms with Gasteiger partial charge in [0, 0.05) is 0 Å². The standard InChI is InChI=1S/C16H15BrFNO/c17-15-13(5-2-6-14(15)18)16(19)10-3-1-4-12(9-10)20-11-7-8-11/h1-6,9,11,16H,7-8,19H2. The van der Waals surface area contributed by atoms with Gasteiger partial charge in [-0.3, -0.25) is 0 Å². The van der Waals surface area contributed by atoms with E-state index in [0.29, 0.717) is 10.6 Å². The van der Waals surface area contributed by atoms with Gasteiger partial charge in [-0.05, 0) is 58.1 Å². The predicted octanol–water partition coefficient (Wildman–Crippen LogP) is 4.18. The number of hydrogen-bond acceptors (Lipinski definition) is 2. The van der Waals surface area contributed by atoms with Gasteiger partial charge in [0.2, 0.25) is 0 Å². The van der Waals surface area contributed by atoms with Crippen LogP contribution >= 0.6 is 15.9 Å². The molecule has 0 aliphatic heterocycles. The highest BCUT2D eigenvalue weighted by atomic mass is 79.9. The Morgan fingerprint density at radius 3 is 2.70 bits per heavy atom. The second-order valence-corrected chi connectivity index (χ2v) is 5.80. The lowest BCUT2D eigenvalue weighted by molar-refractivity contribution is 0.303. The molecule has 0 amide bonds. The van der Waals surface area contributed by atoms with E-state index in [1.54, 1.807) is 6.07 Å². The van der Waals surface area contributed by atoms with Crippen LogP contribution in [-0.2, 0) is 0 Å². The van der Waals surface area contributed by atoms with Crippen molar-refractivity contribution in [1.82, 2.24) is 0 Å². The minimum Gasteiger partial charge on any atom is -0.490 e. The van der Waals surface area contributed by atoms with Crippen LogP contribution in [0.2, 0.25) is 0 Å². The highest BCUT2D eigenvalue weighted by Crippen LogP contribution is 2.32. The van der Waals surface area contributed by atoms with Gasteiger partial charge < -0.3 is 10.5 Å². The van der Waals surface area contributed by atoms with Crippen LogP contribution < -0.4 is 10.5 Å². The zero-order chi connectivity index (χ0) is 14.1. The fourth-order valence-electron chi connectivity index (χ4n) is 2.10. The lowest BCUT2D eigenvalue weighted by atomic mass is 9.99. The van der Waals surface area contributed by atoms with Crippen LogP contribution in [0.15, 0.2) is 46.9 Å². The van der Waals surface area contributed by atoms with Crippen LogP contribution in [0.4, 0.5) is 4.39 Å². The smallest absolute Gasteiger partial charge is 0.137 e. The summed E-state index contributed by atoms with van der Waals surface area (Å²) in [7, 11) is 0. The van der Waals surface area contributed by atoms with Gasteiger partial charge in [0.15, 0.2) is 0 Å². The van der Waals surface area contributed by atoms with Gasteiger partial charge in [0.25, 0.3) is 0 Å². The first kappa shape index (κ1) is 13.6. The number of hydrogen-bond donors (Lipinski definition) is 1. The molecule has 0 heterocycles. The average molecular weight is 336 g/mol. The Balaban J connectivity index is 1.89. The molecule has 104 valence electrons. The number of benzene rings is 2. The Labute approximate surface area is 125 Å². The Kier molecular flexibility index (Phi) is 3.76. The Morgan fingerprint density at radius 1 is 1.20 bits per heavy atom. The molecule has 1 aliphatic rings. The summed E-state index contributed by atoms with van der Waals surface area (Å²) in [5.74, 6) is 0.524. The molecule has 3 rings (SSSR count). The Hall–Kier alpha value is -1.39. The fraction of sp³-hybridized carbons (Fsp3) is 0.250. The van der Waals surface area contributed by atoms with Crippen molar-refractivity contribution in [1.29, 1.82) is 0 Å². The number of halogens is 2. The molecule has 0 bridgehead atoms. The zero-order valence-corrected chi connectivity index (χ0v) is 12.4. The molecule has 1 saturated carbocycles. The summed E-state index contributed by atoms with van der Waals surface area (Å²) >= 11 is 3.26. The van der Waals surface area contributed by atoms with E-state index in [4.69, 9.17) is 10.5 Å². The van der Waals surface area contributed by atoms with E-state index in [1.165, 1.54) is 6.07 Å². The van der Waals surface area contributed by atoms with Crippen LogP contribution in [0.1, 0.15) is 30.0 Å². The second kappa shape index (κ2) is 5.54. The van der Waals surface area contributed by atoms with Gasteiger partial charge in [-0.1, -0.05) is 24.3 Å². The third-order valence-electron chi connectivity index (χ3n) is 3.36. The molecule has 0 spiro atoms. The summed E-state index contributed by atoms with van der Waals surface area (Å²) in [6.45, 7) is 0. The van der Waals surface area contributed by atoms with Crippen molar-refractivity contribution in [2.75, 3.05) is 0 Å². The summed E-state index contributed by atoms with van der Waals surface area (Å²) in [4.78, 5) is 0. The van der Waals surface area contributed by atoms with Crippen molar-refractivity contribution in [2.45, 2.75) is 25.0 Å². The van der Waals surface area contributed by atoms with Gasteiger partial charge >= 0.3 is 0 Å². The zero-order valence-electron chi connectivity index (χ0n) is 10.9. The van der Waals surface area contributed by atoms with Gasteiger partial charge in [-0.15, -0.1) is 0 Å². The van der Waals surface area contributed by atoms with Gasteiger partial charge in [-0.2, -0.15) is 0 Å². The van der Waals surface area contributed by atoms with Crippen molar-refractivity contribution < 1.29 is 9.13 Å². The first-order chi connectivity index (χ1) is 9.65. The highest BCUT2D eigenvalue weighted by Gasteiger charge is 2.24. The molecule has 0 radical (unpaired) electrons. The molecule has 4 heteroatoms. The van der Waals surface area contributed by atoms with E-state index in [-0.39, 0.29) is 11.9 Å². The summed E-state index contributed by atoms with van der Waals surface area (Å²) in [6.07, 6.45) is 2.58. The minimum atomic E-state index is -0.386. The van der Waals surface area contributed by atoms with E-state index in [0.717, 1.165) is 29.7 Å². The highest BCUT2D eigenvalue weighted by molar-refractivity contribution is 9.10. The van der Waals surface area contributed by atoms with Gasteiger partial charge in [0.05, 0.1) is 16.6 Å². The summed E-state index contributed by atoms with van der Waals surface area (Å²) in [6, 6.07) is 12.2. The summed E-state index contributed by atoms with van der Waals surface area (Å²) < 4.78 is 19.8.